The van der Waals surface area contributed by atoms with E-state index in [1.54, 1.807) is 24.3 Å². The molecule has 5 heteroatoms. The van der Waals surface area contributed by atoms with Crippen LogP contribution in [0.25, 0.3) is 0 Å². The number of hydrogen-bond donors (Lipinski definition) is 2. The van der Waals surface area contributed by atoms with Crippen molar-refractivity contribution >= 4 is 5.91 Å². The Kier molecular flexibility index (Phi) is 4.32. The predicted molar refractivity (Wildman–Crippen MR) is 71.6 cm³/mol. The fraction of sp³-hybridized carbons (Fsp3) is 0.133. The van der Waals surface area contributed by atoms with Crippen LogP contribution >= 0.6 is 0 Å². The number of halogens is 1. The van der Waals surface area contributed by atoms with Gasteiger partial charge in [-0.05, 0) is 29.8 Å². The molecule has 0 bridgehead atoms. The van der Waals surface area contributed by atoms with Crippen molar-refractivity contribution in [3.63, 3.8) is 0 Å². The van der Waals surface area contributed by atoms with Crippen molar-refractivity contribution in [3.05, 3.63) is 65.0 Å². The van der Waals surface area contributed by atoms with Gasteiger partial charge in [-0.25, -0.2) is 4.39 Å². The van der Waals surface area contributed by atoms with Crippen molar-refractivity contribution < 1.29 is 19.0 Å². The second-order valence-electron chi connectivity index (χ2n) is 4.26. The first-order chi connectivity index (χ1) is 9.60. The highest BCUT2D eigenvalue weighted by Gasteiger charge is 2.07. The van der Waals surface area contributed by atoms with Crippen LogP contribution in [0.15, 0.2) is 42.5 Å². The van der Waals surface area contributed by atoms with E-state index in [-0.39, 0.29) is 18.8 Å². The molecule has 4 nitrogen and oxygen atoms in total. The molecule has 0 aliphatic carbocycles. The molecule has 2 rings (SSSR count). The molecule has 0 heterocycles. The van der Waals surface area contributed by atoms with Crippen molar-refractivity contribution in [2.24, 2.45) is 5.73 Å². The van der Waals surface area contributed by atoms with Gasteiger partial charge in [-0.3, -0.25) is 4.79 Å². The van der Waals surface area contributed by atoms with Crippen LogP contribution in [0.4, 0.5) is 4.39 Å². The summed E-state index contributed by atoms with van der Waals surface area (Å²) in [5.41, 5.74) is 6.23. The minimum atomic E-state index is -0.674. The third-order valence-electron chi connectivity index (χ3n) is 2.81. The van der Waals surface area contributed by atoms with Crippen molar-refractivity contribution in [3.8, 4) is 5.75 Å². The molecule has 0 aromatic heterocycles. The Labute approximate surface area is 115 Å². The Morgan fingerprint density at radius 2 is 2.05 bits per heavy atom. The van der Waals surface area contributed by atoms with Gasteiger partial charge in [-0.15, -0.1) is 0 Å². The van der Waals surface area contributed by atoms with Gasteiger partial charge in [0.1, 0.15) is 18.2 Å². The van der Waals surface area contributed by atoms with Crippen molar-refractivity contribution in [1.82, 2.24) is 0 Å². The lowest BCUT2D eigenvalue weighted by atomic mass is 10.1. The number of aliphatic hydroxyl groups is 1. The molecule has 1 amide bonds. The molecule has 0 fully saturated rings. The number of amides is 1. The summed E-state index contributed by atoms with van der Waals surface area (Å²) in [6.45, 7) is -0.0569. The average molecular weight is 275 g/mol. The summed E-state index contributed by atoms with van der Waals surface area (Å²) in [5.74, 6) is -0.679. The van der Waals surface area contributed by atoms with E-state index in [0.29, 0.717) is 16.9 Å². The normalized spacial score (nSPS) is 10.3. The van der Waals surface area contributed by atoms with Crippen LogP contribution in [0.3, 0.4) is 0 Å². The van der Waals surface area contributed by atoms with E-state index >= 15 is 0 Å². The number of benzene rings is 2. The Bertz CT molecular complexity index is 628. The zero-order valence-corrected chi connectivity index (χ0v) is 10.7. The second kappa shape index (κ2) is 6.16. The number of aliphatic hydroxyl groups excluding tert-OH is 1. The number of ether oxygens (including phenoxy) is 1. The molecule has 2 aromatic rings. The van der Waals surface area contributed by atoms with Gasteiger partial charge >= 0.3 is 0 Å². The van der Waals surface area contributed by atoms with E-state index in [1.165, 1.54) is 12.1 Å². The first-order valence-electron chi connectivity index (χ1n) is 6.01. The predicted octanol–water partition coefficient (Wildman–Crippen LogP) is 2.00. The van der Waals surface area contributed by atoms with Gasteiger partial charge in [0.15, 0.2) is 0 Å². The van der Waals surface area contributed by atoms with E-state index in [4.69, 9.17) is 15.6 Å². The molecule has 2 aromatic carbocycles. The van der Waals surface area contributed by atoms with Gasteiger partial charge in [-0.1, -0.05) is 18.2 Å². The zero-order chi connectivity index (χ0) is 14.5. The third kappa shape index (κ3) is 3.33. The van der Waals surface area contributed by atoms with Crippen LogP contribution in [0.5, 0.6) is 5.75 Å². The number of nitrogens with two attached hydrogens (primary N) is 1. The average Bonchev–Trinajstić information content (AvgIpc) is 2.46. The molecule has 0 spiro atoms. The van der Waals surface area contributed by atoms with E-state index in [2.05, 4.69) is 0 Å². The first kappa shape index (κ1) is 14.0. The van der Waals surface area contributed by atoms with Crippen molar-refractivity contribution in [2.75, 3.05) is 0 Å². The lowest BCUT2D eigenvalue weighted by molar-refractivity contribution is 0.0999. The number of rotatable bonds is 5. The van der Waals surface area contributed by atoms with Gasteiger partial charge in [-0.2, -0.15) is 0 Å². The molecule has 104 valence electrons. The SMILES string of the molecule is NC(=O)c1ccc(COc2cccc(CO)c2)c(F)c1. The molecular formula is C15H14FNO3. The molecule has 0 aliphatic heterocycles. The summed E-state index contributed by atoms with van der Waals surface area (Å²) < 4.78 is 19.2. The molecule has 0 unspecified atom stereocenters. The van der Waals surface area contributed by atoms with Gasteiger partial charge < -0.3 is 15.6 Å². The van der Waals surface area contributed by atoms with Gasteiger partial charge in [0, 0.05) is 11.1 Å². The molecule has 0 aliphatic rings. The number of carbonyl (C=O) groups excluding carboxylic acids is 1. The molecule has 0 atom stereocenters. The minimum absolute atomic E-state index is 0.0275. The summed E-state index contributed by atoms with van der Waals surface area (Å²) in [4.78, 5) is 10.9. The highest BCUT2D eigenvalue weighted by molar-refractivity contribution is 5.92. The number of carbonyl (C=O) groups is 1. The topological polar surface area (TPSA) is 72.6 Å². The molecular weight excluding hydrogens is 261 g/mol. The lowest BCUT2D eigenvalue weighted by Gasteiger charge is -2.08. The van der Waals surface area contributed by atoms with Crippen LogP contribution in [0.1, 0.15) is 21.5 Å². The standard InChI is InChI=1S/C15H14FNO3/c16-14-7-11(15(17)19)4-5-12(14)9-20-13-3-1-2-10(6-13)8-18/h1-7,18H,8-9H2,(H2,17,19). The number of primary amides is 1. The lowest BCUT2D eigenvalue weighted by Crippen LogP contribution is -2.11. The Hall–Kier alpha value is -2.40. The largest absolute Gasteiger partial charge is 0.489 e. The van der Waals surface area contributed by atoms with Crippen LogP contribution in [-0.2, 0) is 13.2 Å². The maximum absolute atomic E-state index is 13.7. The minimum Gasteiger partial charge on any atom is -0.489 e. The monoisotopic (exact) mass is 275 g/mol. The summed E-state index contributed by atoms with van der Waals surface area (Å²) in [5, 5.41) is 9.01. The maximum atomic E-state index is 13.7. The quantitative estimate of drug-likeness (QED) is 0.876. The van der Waals surface area contributed by atoms with Gasteiger partial charge in [0.25, 0.3) is 0 Å². The molecule has 20 heavy (non-hydrogen) atoms. The van der Waals surface area contributed by atoms with E-state index in [0.717, 1.165) is 6.07 Å². The first-order valence-corrected chi connectivity index (χ1v) is 6.01. The van der Waals surface area contributed by atoms with Gasteiger partial charge in [0.2, 0.25) is 5.91 Å². The highest BCUT2D eigenvalue weighted by atomic mass is 19.1. The van der Waals surface area contributed by atoms with Crippen LogP contribution < -0.4 is 10.5 Å². The molecule has 0 radical (unpaired) electrons. The summed E-state index contributed by atoms with van der Waals surface area (Å²) in [7, 11) is 0. The van der Waals surface area contributed by atoms with Gasteiger partial charge in [0.05, 0.1) is 6.61 Å². The van der Waals surface area contributed by atoms with Crippen molar-refractivity contribution in [1.29, 1.82) is 0 Å². The van der Waals surface area contributed by atoms with Crippen LogP contribution in [0, 0.1) is 5.82 Å². The Balaban J connectivity index is 2.08. The molecule has 0 saturated carbocycles. The van der Waals surface area contributed by atoms with Crippen molar-refractivity contribution in [2.45, 2.75) is 13.2 Å². The molecule has 3 N–H and O–H groups in total. The van der Waals surface area contributed by atoms with E-state index in [9.17, 15) is 9.18 Å². The van der Waals surface area contributed by atoms with E-state index in [1.807, 2.05) is 0 Å². The van der Waals surface area contributed by atoms with E-state index < -0.39 is 11.7 Å². The summed E-state index contributed by atoms with van der Waals surface area (Å²) in [6, 6.07) is 10.9. The Morgan fingerprint density at radius 1 is 1.25 bits per heavy atom. The summed E-state index contributed by atoms with van der Waals surface area (Å²) in [6.07, 6.45) is 0. The molecule has 0 saturated heterocycles. The number of hydrogen-bond acceptors (Lipinski definition) is 3. The smallest absolute Gasteiger partial charge is 0.248 e. The van der Waals surface area contributed by atoms with Crippen LogP contribution in [-0.4, -0.2) is 11.0 Å². The maximum Gasteiger partial charge on any atom is 0.248 e. The Morgan fingerprint density at radius 3 is 2.70 bits per heavy atom. The third-order valence-corrected chi connectivity index (χ3v) is 2.81. The summed E-state index contributed by atoms with van der Waals surface area (Å²) >= 11 is 0. The fourth-order valence-corrected chi connectivity index (χ4v) is 1.71. The van der Waals surface area contributed by atoms with Crippen LogP contribution in [0.2, 0.25) is 0 Å². The highest BCUT2D eigenvalue weighted by Crippen LogP contribution is 2.17. The zero-order valence-electron chi connectivity index (χ0n) is 10.7. The fourth-order valence-electron chi connectivity index (χ4n) is 1.71. The second-order valence-corrected chi connectivity index (χ2v) is 4.26.